The topological polar surface area (TPSA) is 15.3 Å². The van der Waals surface area contributed by atoms with Crippen LogP contribution in [0.5, 0.6) is 0 Å². The molecular formula is C11H22N2S. The lowest BCUT2D eigenvalue weighted by atomic mass is 9.97. The molecule has 82 valence electrons. The molecule has 0 aliphatic carbocycles. The highest BCUT2D eigenvalue weighted by atomic mass is 32.2. The Labute approximate surface area is 91.8 Å². The molecule has 0 saturated carbocycles. The maximum Gasteiger partial charge on any atom is 0.0328 e. The van der Waals surface area contributed by atoms with E-state index >= 15 is 0 Å². The second-order valence-electron chi connectivity index (χ2n) is 5.03. The average Bonchev–Trinajstić information content (AvgIpc) is 2.18. The van der Waals surface area contributed by atoms with Gasteiger partial charge in [-0.05, 0) is 46.8 Å². The standard InChI is InChI=1S/C11H22N2S/c1-11(2)10(8-14-11)13-6-4-9(12-3)5-7-13/h9-10,12H,4-8H2,1-3H3. The summed E-state index contributed by atoms with van der Waals surface area (Å²) in [6.07, 6.45) is 2.65. The number of nitrogens with zero attached hydrogens (tertiary/aromatic N) is 1. The first-order valence-corrected chi connectivity index (χ1v) is 6.67. The lowest BCUT2D eigenvalue weighted by Gasteiger charge is -2.51. The summed E-state index contributed by atoms with van der Waals surface area (Å²) in [6.45, 7) is 7.35. The summed E-state index contributed by atoms with van der Waals surface area (Å²) in [5.41, 5.74) is 0. The molecule has 0 bridgehead atoms. The first-order chi connectivity index (χ1) is 6.63. The second kappa shape index (κ2) is 4.03. The Morgan fingerprint density at radius 1 is 1.29 bits per heavy atom. The van der Waals surface area contributed by atoms with Gasteiger partial charge in [-0.25, -0.2) is 0 Å². The van der Waals surface area contributed by atoms with Crippen molar-refractivity contribution in [1.29, 1.82) is 0 Å². The zero-order chi connectivity index (χ0) is 10.2. The highest BCUT2D eigenvalue weighted by Gasteiger charge is 2.43. The molecule has 0 aromatic carbocycles. The quantitative estimate of drug-likeness (QED) is 0.751. The van der Waals surface area contributed by atoms with E-state index in [4.69, 9.17) is 0 Å². The van der Waals surface area contributed by atoms with Crippen LogP contribution in [0, 0.1) is 0 Å². The Bertz CT molecular complexity index is 197. The highest BCUT2D eigenvalue weighted by Crippen LogP contribution is 2.43. The van der Waals surface area contributed by atoms with Gasteiger partial charge in [0.05, 0.1) is 0 Å². The molecule has 3 heteroatoms. The van der Waals surface area contributed by atoms with Crippen molar-refractivity contribution in [2.75, 3.05) is 25.9 Å². The van der Waals surface area contributed by atoms with Gasteiger partial charge in [0.1, 0.15) is 0 Å². The Hall–Kier alpha value is 0.270. The van der Waals surface area contributed by atoms with Gasteiger partial charge in [0.15, 0.2) is 0 Å². The van der Waals surface area contributed by atoms with Crippen molar-refractivity contribution in [1.82, 2.24) is 10.2 Å². The van der Waals surface area contributed by atoms with Crippen LogP contribution in [-0.2, 0) is 0 Å². The molecule has 0 aromatic rings. The van der Waals surface area contributed by atoms with E-state index in [0.29, 0.717) is 4.75 Å². The van der Waals surface area contributed by atoms with Crippen molar-refractivity contribution in [3.8, 4) is 0 Å². The summed E-state index contributed by atoms with van der Waals surface area (Å²) < 4.78 is 0.506. The fourth-order valence-corrected chi connectivity index (χ4v) is 3.88. The van der Waals surface area contributed by atoms with E-state index in [0.717, 1.165) is 12.1 Å². The van der Waals surface area contributed by atoms with E-state index in [1.54, 1.807) is 0 Å². The predicted molar refractivity (Wildman–Crippen MR) is 64.0 cm³/mol. The van der Waals surface area contributed by atoms with Crippen molar-refractivity contribution in [3.63, 3.8) is 0 Å². The normalized spacial score (nSPS) is 34.1. The minimum atomic E-state index is 0.506. The third-order valence-corrected chi connectivity index (χ3v) is 5.29. The maximum atomic E-state index is 3.39. The van der Waals surface area contributed by atoms with E-state index in [1.165, 1.54) is 31.7 Å². The zero-order valence-electron chi connectivity index (χ0n) is 9.55. The van der Waals surface area contributed by atoms with Crippen LogP contribution in [0.1, 0.15) is 26.7 Å². The largest absolute Gasteiger partial charge is 0.317 e. The van der Waals surface area contributed by atoms with Gasteiger partial charge >= 0.3 is 0 Å². The summed E-state index contributed by atoms with van der Waals surface area (Å²) in [4.78, 5) is 2.70. The molecule has 0 amide bonds. The lowest BCUT2D eigenvalue weighted by Crippen LogP contribution is -2.59. The molecule has 0 radical (unpaired) electrons. The number of hydrogen-bond donors (Lipinski definition) is 1. The zero-order valence-corrected chi connectivity index (χ0v) is 10.4. The Kier molecular flexibility index (Phi) is 3.10. The Morgan fingerprint density at radius 3 is 2.29 bits per heavy atom. The van der Waals surface area contributed by atoms with Crippen LogP contribution in [-0.4, -0.2) is 47.6 Å². The number of likely N-dealkylation sites (tertiary alicyclic amines) is 1. The van der Waals surface area contributed by atoms with Crippen molar-refractivity contribution < 1.29 is 0 Å². The van der Waals surface area contributed by atoms with E-state index in [-0.39, 0.29) is 0 Å². The smallest absolute Gasteiger partial charge is 0.0328 e. The lowest BCUT2D eigenvalue weighted by molar-refractivity contribution is 0.128. The van der Waals surface area contributed by atoms with Gasteiger partial charge < -0.3 is 5.32 Å². The number of rotatable bonds is 2. The highest BCUT2D eigenvalue weighted by molar-refractivity contribution is 8.02. The third kappa shape index (κ3) is 1.95. The van der Waals surface area contributed by atoms with E-state index in [2.05, 4.69) is 42.9 Å². The van der Waals surface area contributed by atoms with E-state index in [1.807, 2.05) is 0 Å². The van der Waals surface area contributed by atoms with Crippen molar-refractivity contribution >= 4 is 11.8 Å². The first-order valence-electron chi connectivity index (χ1n) is 5.69. The monoisotopic (exact) mass is 214 g/mol. The van der Waals surface area contributed by atoms with Crippen molar-refractivity contribution in [2.24, 2.45) is 0 Å². The fourth-order valence-electron chi connectivity index (χ4n) is 2.54. The van der Waals surface area contributed by atoms with Gasteiger partial charge in [-0.1, -0.05) is 0 Å². The summed E-state index contributed by atoms with van der Waals surface area (Å²) in [5, 5.41) is 3.39. The second-order valence-corrected chi connectivity index (χ2v) is 6.70. The van der Waals surface area contributed by atoms with E-state index in [9.17, 15) is 0 Å². The number of nitrogens with one attached hydrogen (secondary N) is 1. The Morgan fingerprint density at radius 2 is 1.93 bits per heavy atom. The minimum Gasteiger partial charge on any atom is -0.317 e. The minimum absolute atomic E-state index is 0.506. The molecule has 0 spiro atoms. The molecule has 1 atom stereocenters. The summed E-state index contributed by atoms with van der Waals surface area (Å²) in [5.74, 6) is 1.34. The predicted octanol–water partition coefficient (Wildman–Crippen LogP) is 1.56. The van der Waals surface area contributed by atoms with Crippen molar-refractivity contribution in [2.45, 2.75) is 43.5 Å². The molecule has 2 saturated heterocycles. The van der Waals surface area contributed by atoms with Crippen LogP contribution in [0.25, 0.3) is 0 Å². The van der Waals surface area contributed by atoms with E-state index < -0.39 is 0 Å². The van der Waals surface area contributed by atoms with Gasteiger partial charge in [-0.3, -0.25) is 4.90 Å². The maximum absolute atomic E-state index is 3.39. The van der Waals surface area contributed by atoms with Crippen molar-refractivity contribution in [3.05, 3.63) is 0 Å². The molecule has 0 aromatic heterocycles. The first kappa shape index (κ1) is 10.8. The van der Waals surface area contributed by atoms with Crippen LogP contribution >= 0.6 is 11.8 Å². The molecule has 2 fully saturated rings. The summed E-state index contributed by atoms with van der Waals surface area (Å²) in [7, 11) is 2.09. The molecule has 2 rings (SSSR count). The van der Waals surface area contributed by atoms with Crippen LogP contribution in [0.4, 0.5) is 0 Å². The summed E-state index contributed by atoms with van der Waals surface area (Å²) in [6, 6.07) is 1.60. The number of piperidine rings is 1. The molecule has 2 nitrogen and oxygen atoms in total. The Balaban J connectivity index is 1.84. The number of thioether (sulfide) groups is 1. The molecule has 1 unspecified atom stereocenters. The van der Waals surface area contributed by atoms with Crippen LogP contribution in [0.15, 0.2) is 0 Å². The SMILES string of the molecule is CNC1CCN(C2CSC2(C)C)CC1. The van der Waals surface area contributed by atoms with Gasteiger partial charge in [0.2, 0.25) is 0 Å². The number of hydrogen-bond acceptors (Lipinski definition) is 3. The molecule has 14 heavy (non-hydrogen) atoms. The van der Waals surface area contributed by atoms with Crippen LogP contribution < -0.4 is 5.32 Å². The molecule has 1 N–H and O–H groups in total. The molecule has 2 heterocycles. The van der Waals surface area contributed by atoms with Gasteiger partial charge in [-0.15, -0.1) is 0 Å². The van der Waals surface area contributed by atoms with Crippen LogP contribution in [0.3, 0.4) is 0 Å². The van der Waals surface area contributed by atoms with Crippen LogP contribution in [0.2, 0.25) is 0 Å². The fraction of sp³-hybridized carbons (Fsp3) is 1.00. The average molecular weight is 214 g/mol. The molecule has 2 aliphatic rings. The van der Waals surface area contributed by atoms with Gasteiger partial charge in [-0.2, -0.15) is 11.8 Å². The summed E-state index contributed by atoms with van der Waals surface area (Å²) >= 11 is 2.11. The molecule has 2 aliphatic heterocycles. The van der Waals surface area contributed by atoms with Gasteiger partial charge in [0.25, 0.3) is 0 Å². The van der Waals surface area contributed by atoms with Gasteiger partial charge in [0, 0.05) is 22.6 Å². The third-order valence-electron chi connectivity index (χ3n) is 3.79. The molecular weight excluding hydrogens is 192 g/mol.